The molecular weight excluding hydrogens is 419 g/mol. The Bertz CT molecular complexity index is 1090. The Labute approximate surface area is 172 Å². The molecule has 30 heavy (non-hydrogen) atoms. The number of hydrogen-bond donors (Lipinski definition) is 0. The zero-order chi connectivity index (χ0) is 21.8. The van der Waals surface area contributed by atoms with Gasteiger partial charge in [0.25, 0.3) is 10.0 Å². The van der Waals surface area contributed by atoms with E-state index < -0.39 is 22.7 Å². The van der Waals surface area contributed by atoms with E-state index in [-0.39, 0.29) is 10.6 Å². The van der Waals surface area contributed by atoms with Crippen LogP contribution < -0.4 is 13.8 Å². The molecule has 3 rings (SSSR count). The van der Waals surface area contributed by atoms with Crippen LogP contribution in [0.15, 0.2) is 83.8 Å². The van der Waals surface area contributed by atoms with Crippen LogP contribution >= 0.6 is 0 Å². The highest BCUT2D eigenvalue weighted by atomic mass is 32.2. The first kappa shape index (κ1) is 21.5. The van der Waals surface area contributed by atoms with Crippen molar-refractivity contribution in [3.05, 3.63) is 78.9 Å². The number of benzene rings is 3. The third-order valence-corrected chi connectivity index (χ3v) is 5.86. The number of ether oxygens (including phenoxy) is 2. The summed E-state index contributed by atoms with van der Waals surface area (Å²) in [5, 5.41) is 0. The first-order chi connectivity index (χ1) is 14.2. The molecule has 0 unspecified atom stereocenters. The molecule has 0 aliphatic carbocycles. The Balaban J connectivity index is 1.90. The fraction of sp³-hybridized carbons (Fsp3) is 0.143. The summed E-state index contributed by atoms with van der Waals surface area (Å²) in [7, 11) is -2.97. The molecule has 0 N–H and O–H groups in total. The van der Waals surface area contributed by atoms with Crippen LogP contribution in [0.3, 0.4) is 0 Å². The van der Waals surface area contributed by atoms with Gasteiger partial charge in [0.2, 0.25) is 0 Å². The molecule has 3 aromatic rings. The molecule has 0 atom stereocenters. The van der Waals surface area contributed by atoms with Gasteiger partial charge in [-0.15, -0.1) is 0 Å². The lowest BCUT2D eigenvalue weighted by Gasteiger charge is -2.25. The number of para-hydroxylation sites is 3. The van der Waals surface area contributed by atoms with Crippen molar-refractivity contribution in [3.63, 3.8) is 0 Å². The molecule has 0 saturated carbocycles. The zero-order valence-corrected chi connectivity index (χ0v) is 16.7. The average Bonchev–Trinajstić information content (AvgIpc) is 2.73. The maximum Gasteiger partial charge on any atom is 0.407 e. The van der Waals surface area contributed by atoms with Crippen LogP contribution in [0.25, 0.3) is 0 Å². The van der Waals surface area contributed by atoms with Crippen molar-refractivity contribution in [2.45, 2.75) is 11.1 Å². The van der Waals surface area contributed by atoms with Gasteiger partial charge in [0.15, 0.2) is 11.5 Å². The second-order valence-electron chi connectivity index (χ2n) is 6.19. The minimum absolute atomic E-state index is 0.0795. The van der Waals surface area contributed by atoms with E-state index in [2.05, 4.69) is 0 Å². The SMILES string of the molecule is COc1ccccc1Oc1ccc(S(=O)(=O)N(CC(F)(F)F)c2ccccc2)cc1. The minimum Gasteiger partial charge on any atom is -0.493 e. The summed E-state index contributed by atoms with van der Waals surface area (Å²) in [4.78, 5) is -0.289. The molecule has 0 spiro atoms. The first-order valence-corrected chi connectivity index (χ1v) is 10.2. The van der Waals surface area contributed by atoms with E-state index in [1.165, 1.54) is 55.6 Å². The smallest absolute Gasteiger partial charge is 0.407 e. The van der Waals surface area contributed by atoms with Gasteiger partial charge in [0.05, 0.1) is 17.7 Å². The topological polar surface area (TPSA) is 55.8 Å². The molecule has 0 amide bonds. The van der Waals surface area contributed by atoms with Crippen molar-refractivity contribution in [1.29, 1.82) is 0 Å². The van der Waals surface area contributed by atoms with Crippen molar-refractivity contribution in [2.75, 3.05) is 18.0 Å². The number of methoxy groups -OCH3 is 1. The van der Waals surface area contributed by atoms with Gasteiger partial charge in [-0.1, -0.05) is 30.3 Å². The molecule has 0 saturated heterocycles. The van der Waals surface area contributed by atoms with E-state index in [1.807, 2.05) is 0 Å². The van der Waals surface area contributed by atoms with Gasteiger partial charge in [-0.25, -0.2) is 8.42 Å². The number of sulfonamides is 1. The highest BCUT2D eigenvalue weighted by molar-refractivity contribution is 7.92. The van der Waals surface area contributed by atoms with Crippen LogP contribution in [0.1, 0.15) is 0 Å². The van der Waals surface area contributed by atoms with Crippen molar-refractivity contribution >= 4 is 15.7 Å². The predicted molar refractivity (Wildman–Crippen MR) is 107 cm³/mol. The molecule has 5 nitrogen and oxygen atoms in total. The maximum absolute atomic E-state index is 13.1. The average molecular weight is 437 g/mol. The Hall–Kier alpha value is -3.20. The van der Waals surface area contributed by atoms with Crippen LogP contribution in [0.2, 0.25) is 0 Å². The van der Waals surface area contributed by atoms with E-state index in [1.54, 1.807) is 30.3 Å². The Morgan fingerprint density at radius 3 is 1.97 bits per heavy atom. The highest BCUT2D eigenvalue weighted by Gasteiger charge is 2.37. The molecule has 9 heteroatoms. The molecule has 0 heterocycles. The zero-order valence-electron chi connectivity index (χ0n) is 15.8. The lowest BCUT2D eigenvalue weighted by atomic mass is 10.3. The van der Waals surface area contributed by atoms with Gasteiger partial charge >= 0.3 is 6.18 Å². The second kappa shape index (κ2) is 8.66. The second-order valence-corrected chi connectivity index (χ2v) is 8.05. The Morgan fingerprint density at radius 1 is 0.833 bits per heavy atom. The fourth-order valence-corrected chi connectivity index (χ4v) is 4.16. The lowest BCUT2D eigenvalue weighted by molar-refractivity contribution is -0.117. The van der Waals surface area contributed by atoms with E-state index in [0.29, 0.717) is 21.6 Å². The third-order valence-electron chi connectivity index (χ3n) is 4.08. The van der Waals surface area contributed by atoms with Crippen LogP contribution in [0, 0.1) is 0 Å². The molecule has 158 valence electrons. The number of rotatable bonds is 7. The molecule has 0 aliphatic rings. The standard InChI is InChI=1S/C21H18F3NO4S/c1-28-19-9-5-6-10-20(19)29-17-11-13-18(14-12-17)30(26,27)25(15-21(22,23)24)16-7-3-2-4-8-16/h2-14H,15H2,1H3. The van der Waals surface area contributed by atoms with Gasteiger partial charge in [-0.2, -0.15) is 13.2 Å². The molecule has 0 radical (unpaired) electrons. The van der Waals surface area contributed by atoms with E-state index in [4.69, 9.17) is 9.47 Å². The van der Waals surface area contributed by atoms with Crippen molar-refractivity contribution in [1.82, 2.24) is 0 Å². The molecule has 0 bridgehead atoms. The summed E-state index contributed by atoms with van der Waals surface area (Å²) in [5.74, 6) is 1.20. The summed E-state index contributed by atoms with van der Waals surface area (Å²) >= 11 is 0. The van der Waals surface area contributed by atoms with Gasteiger partial charge < -0.3 is 9.47 Å². The Kier molecular flexibility index (Phi) is 6.21. The van der Waals surface area contributed by atoms with Gasteiger partial charge in [-0.3, -0.25) is 4.31 Å². The van der Waals surface area contributed by atoms with Gasteiger partial charge in [0, 0.05) is 0 Å². The van der Waals surface area contributed by atoms with E-state index in [9.17, 15) is 21.6 Å². The monoisotopic (exact) mass is 437 g/mol. The lowest BCUT2D eigenvalue weighted by Crippen LogP contribution is -2.39. The number of alkyl halides is 3. The van der Waals surface area contributed by atoms with E-state index in [0.717, 1.165) is 0 Å². The Morgan fingerprint density at radius 2 is 1.40 bits per heavy atom. The summed E-state index contributed by atoms with van der Waals surface area (Å²) in [6.07, 6.45) is -4.71. The van der Waals surface area contributed by atoms with E-state index >= 15 is 0 Å². The van der Waals surface area contributed by atoms with Crippen molar-refractivity contribution in [2.24, 2.45) is 0 Å². The predicted octanol–water partition coefficient (Wildman–Crippen LogP) is 5.25. The van der Waals surface area contributed by atoms with Crippen molar-refractivity contribution < 1.29 is 31.1 Å². The number of hydrogen-bond acceptors (Lipinski definition) is 4. The van der Waals surface area contributed by atoms with Gasteiger partial charge in [-0.05, 0) is 48.5 Å². The highest BCUT2D eigenvalue weighted by Crippen LogP contribution is 2.33. The number of halogens is 3. The molecular formula is C21H18F3NO4S. The van der Waals surface area contributed by atoms with Crippen LogP contribution in [0.5, 0.6) is 17.2 Å². The van der Waals surface area contributed by atoms with Crippen LogP contribution in [-0.4, -0.2) is 28.2 Å². The first-order valence-electron chi connectivity index (χ1n) is 8.76. The quantitative estimate of drug-likeness (QED) is 0.507. The van der Waals surface area contributed by atoms with Crippen molar-refractivity contribution in [3.8, 4) is 17.2 Å². The largest absolute Gasteiger partial charge is 0.493 e. The normalized spacial score (nSPS) is 11.7. The maximum atomic E-state index is 13.1. The fourth-order valence-electron chi connectivity index (χ4n) is 2.71. The summed E-state index contributed by atoms with van der Waals surface area (Å²) in [5.41, 5.74) is -0.0795. The molecule has 3 aromatic carbocycles. The molecule has 0 aliphatic heterocycles. The summed E-state index contributed by atoms with van der Waals surface area (Å²) in [6.45, 7) is -1.64. The minimum atomic E-state index is -4.71. The molecule has 0 fully saturated rings. The van der Waals surface area contributed by atoms with Gasteiger partial charge in [0.1, 0.15) is 12.3 Å². The van der Waals surface area contributed by atoms with Crippen LogP contribution in [0.4, 0.5) is 18.9 Å². The summed E-state index contributed by atoms with van der Waals surface area (Å²) < 4.78 is 76.3. The van der Waals surface area contributed by atoms with Crippen LogP contribution in [-0.2, 0) is 10.0 Å². The number of nitrogens with zero attached hydrogens (tertiary/aromatic N) is 1. The number of anilines is 1. The third kappa shape index (κ3) is 5.04. The summed E-state index contributed by atoms with van der Waals surface area (Å²) in [6, 6.07) is 19.2. The molecule has 0 aromatic heterocycles.